The molecule has 68 valence electrons. The summed E-state index contributed by atoms with van der Waals surface area (Å²) < 4.78 is 0. The molecule has 1 heterocycles. The van der Waals surface area contributed by atoms with Crippen LogP contribution in [0.15, 0.2) is 23.2 Å². The summed E-state index contributed by atoms with van der Waals surface area (Å²) in [6.45, 7) is 3.04. The standard InChI is InChI=1S/C11H12ClN/c1-8-4-5-10(12)9(7-8)11-3-2-6-13-11/h4-5,7H,2-3,6H2,1H3. The summed E-state index contributed by atoms with van der Waals surface area (Å²) in [7, 11) is 0. The third-order valence-electron chi connectivity index (χ3n) is 2.31. The Morgan fingerprint density at radius 2 is 2.23 bits per heavy atom. The van der Waals surface area contributed by atoms with E-state index in [-0.39, 0.29) is 0 Å². The molecule has 0 saturated heterocycles. The Balaban J connectivity index is 2.43. The first-order valence-corrected chi connectivity index (χ1v) is 4.95. The van der Waals surface area contributed by atoms with E-state index in [1.807, 2.05) is 12.1 Å². The maximum absolute atomic E-state index is 6.10. The zero-order chi connectivity index (χ0) is 9.26. The fourth-order valence-electron chi connectivity index (χ4n) is 1.62. The van der Waals surface area contributed by atoms with Crippen LogP contribution in [0.25, 0.3) is 0 Å². The Hall–Kier alpha value is -0.820. The van der Waals surface area contributed by atoms with Gasteiger partial charge in [0.1, 0.15) is 0 Å². The van der Waals surface area contributed by atoms with Crippen molar-refractivity contribution in [3.63, 3.8) is 0 Å². The molecule has 0 aliphatic carbocycles. The SMILES string of the molecule is Cc1ccc(Cl)c(C2=NCCC2)c1. The molecule has 0 amide bonds. The summed E-state index contributed by atoms with van der Waals surface area (Å²) in [5.74, 6) is 0. The monoisotopic (exact) mass is 193 g/mol. The van der Waals surface area contributed by atoms with Crippen molar-refractivity contribution in [1.29, 1.82) is 0 Å². The van der Waals surface area contributed by atoms with Crippen LogP contribution in [0, 0.1) is 6.92 Å². The number of benzene rings is 1. The van der Waals surface area contributed by atoms with Gasteiger partial charge in [0.05, 0.1) is 0 Å². The molecule has 0 saturated carbocycles. The first kappa shape index (κ1) is 8.76. The van der Waals surface area contributed by atoms with Crippen molar-refractivity contribution in [2.24, 2.45) is 4.99 Å². The average Bonchev–Trinajstić information content (AvgIpc) is 2.61. The summed E-state index contributed by atoms with van der Waals surface area (Å²) in [4.78, 5) is 4.44. The van der Waals surface area contributed by atoms with Crippen LogP contribution in [0.2, 0.25) is 5.02 Å². The van der Waals surface area contributed by atoms with Crippen LogP contribution in [0.1, 0.15) is 24.0 Å². The Kier molecular flexibility index (Phi) is 2.36. The van der Waals surface area contributed by atoms with E-state index < -0.39 is 0 Å². The zero-order valence-corrected chi connectivity index (χ0v) is 8.43. The van der Waals surface area contributed by atoms with E-state index in [4.69, 9.17) is 11.6 Å². The van der Waals surface area contributed by atoms with Crippen molar-refractivity contribution in [1.82, 2.24) is 0 Å². The maximum atomic E-state index is 6.10. The molecule has 0 unspecified atom stereocenters. The summed E-state index contributed by atoms with van der Waals surface area (Å²) in [5, 5.41) is 0.825. The highest BCUT2D eigenvalue weighted by atomic mass is 35.5. The first-order chi connectivity index (χ1) is 6.27. The van der Waals surface area contributed by atoms with E-state index in [1.54, 1.807) is 0 Å². The minimum absolute atomic E-state index is 0.825. The number of nitrogens with zero attached hydrogens (tertiary/aromatic N) is 1. The lowest BCUT2D eigenvalue weighted by Gasteiger charge is -2.04. The van der Waals surface area contributed by atoms with E-state index in [1.165, 1.54) is 17.7 Å². The molecule has 0 fully saturated rings. The summed E-state index contributed by atoms with van der Waals surface area (Å²) >= 11 is 6.10. The van der Waals surface area contributed by atoms with Gasteiger partial charge in [0.25, 0.3) is 0 Å². The lowest BCUT2D eigenvalue weighted by molar-refractivity contribution is 0.951. The molecule has 1 aromatic rings. The summed E-state index contributed by atoms with van der Waals surface area (Å²) in [6.07, 6.45) is 2.24. The first-order valence-electron chi connectivity index (χ1n) is 4.57. The molecule has 0 atom stereocenters. The molecule has 0 aromatic heterocycles. The Morgan fingerprint density at radius 3 is 2.92 bits per heavy atom. The molecule has 2 rings (SSSR count). The number of aliphatic imine (C=N–C) groups is 1. The van der Waals surface area contributed by atoms with Gasteiger partial charge in [-0.2, -0.15) is 0 Å². The van der Waals surface area contributed by atoms with E-state index in [0.29, 0.717) is 0 Å². The molecule has 2 heteroatoms. The molecule has 1 aromatic carbocycles. The fourth-order valence-corrected chi connectivity index (χ4v) is 1.85. The Labute approximate surface area is 83.4 Å². The summed E-state index contributed by atoms with van der Waals surface area (Å²) in [6, 6.07) is 6.10. The number of halogens is 1. The second-order valence-corrected chi connectivity index (χ2v) is 3.82. The van der Waals surface area contributed by atoms with Gasteiger partial charge >= 0.3 is 0 Å². The molecule has 1 aliphatic rings. The van der Waals surface area contributed by atoms with Crippen LogP contribution >= 0.6 is 11.6 Å². The number of rotatable bonds is 1. The topological polar surface area (TPSA) is 12.4 Å². The largest absolute Gasteiger partial charge is 0.289 e. The third kappa shape index (κ3) is 1.75. The second kappa shape index (κ2) is 3.51. The van der Waals surface area contributed by atoms with Gasteiger partial charge in [-0.25, -0.2) is 0 Å². The van der Waals surface area contributed by atoms with E-state index in [0.717, 1.165) is 23.6 Å². The molecular formula is C11H12ClN. The highest BCUT2D eigenvalue weighted by Gasteiger charge is 2.11. The van der Waals surface area contributed by atoms with Gasteiger partial charge in [0.2, 0.25) is 0 Å². The number of hydrogen-bond donors (Lipinski definition) is 0. The van der Waals surface area contributed by atoms with Gasteiger partial charge in [-0.1, -0.05) is 23.2 Å². The van der Waals surface area contributed by atoms with Gasteiger partial charge in [-0.15, -0.1) is 0 Å². The minimum atomic E-state index is 0.825. The van der Waals surface area contributed by atoms with Gasteiger partial charge < -0.3 is 0 Å². The van der Waals surface area contributed by atoms with Crippen LogP contribution in [0.5, 0.6) is 0 Å². The van der Waals surface area contributed by atoms with E-state index in [9.17, 15) is 0 Å². The van der Waals surface area contributed by atoms with Gasteiger partial charge in [-0.3, -0.25) is 4.99 Å². The molecule has 0 N–H and O–H groups in total. The van der Waals surface area contributed by atoms with Crippen LogP contribution in [0.4, 0.5) is 0 Å². The average molecular weight is 194 g/mol. The Morgan fingerprint density at radius 1 is 1.38 bits per heavy atom. The van der Waals surface area contributed by atoms with Gasteiger partial charge in [0.15, 0.2) is 0 Å². The van der Waals surface area contributed by atoms with Crippen molar-refractivity contribution in [3.05, 3.63) is 34.3 Å². The molecule has 0 spiro atoms. The van der Waals surface area contributed by atoms with Crippen molar-refractivity contribution < 1.29 is 0 Å². The smallest absolute Gasteiger partial charge is 0.0496 e. The van der Waals surface area contributed by atoms with Crippen LogP contribution in [-0.4, -0.2) is 12.3 Å². The number of hydrogen-bond acceptors (Lipinski definition) is 1. The van der Waals surface area contributed by atoms with Crippen LogP contribution in [-0.2, 0) is 0 Å². The maximum Gasteiger partial charge on any atom is 0.0496 e. The number of aryl methyl sites for hydroxylation is 1. The lowest BCUT2D eigenvalue weighted by Crippen LogP contribution is -1.97. The molecular weight excluding hydrogens is 182 g/mol. The molecule has 0 bridgehead atoms. The molecule has 1 aliphatic heterocycles. The van der Waals surface area contributed by atoms with Crippen LogP contribution in [0.3, 0.4) is 0 Å². The van der Waals surface area contributed by atoms with Gasteiger partial charge in [0, 0.05) is 22.8 Å². The minimum Gasteiger partial charge on any atom is -0.289 e. The van der Waals surface area contributed by atoms with E-state index >= 15 is 0 Å². The predicted molar refractivity (Wildman–Crippen MR) is 56.8 cm³/mol. The normalized spacial score (nSPS) is 16.0. The second-order valence-electron chi connectivity index (χ2n) is 3.42. The van der Waals surface area contributed by atoms with Gasteiger partial charge in [-0.05, 0) is 31.9 Å². The predicted octanol–water partition coefficient (Wildman–Crippen LogP) is 3.23. The molecule has 13 heavy (non-hydrogen) atoms. The fraction of sp³-hybridized carbons (Fsp3) is 0.364. The molecule has 1 nitrogen and oxygen atoms in total. The molecule has 0 radical (unpaired) electrons. The lowest BCUT2D eigenvalue weighted by atomic mass is 10.1. The highest BCUT2D eigenvalue weighted by Crippen LogP contribution is 2.22. The quantitative estimate of drug-likeness (QED) is 0.650. The van der Waals surface area contributed by atoms with E-state index in [2.05, 4.69) is 18.0 Å². The summed E-state index contributed by atoms with van der Waals surface area (Å²) in [5.41, 5.74) is 3.54. The zero-order valence-electron chi connectivity index (χ0n) is 7.68. The van der Waals surface area contributed by atoms with Crippen molar-refractivity contribution in [2.45, 2.75) is 19.8 Å². The highest BCUT2D eigenvalue weighted by molar-refractivity contribution is 6.34. The third-order valence-corrected chi connectivity index (χ3v) is 2.64. The van der Waals surface area contributed by atoms with Crippen molar-refractivity contribution >= 4 is 17.3 Å². The van der Waals surface area contributed by atoms with Crippen molar-refractivity contribution in [2.75, 3.05) is 6.54 Å². The van der Waals surface area contributed by atoms with Crippen LogP contribution < -0.4 is 0 Å². The Bertz CT molecular complexity index is 355. The van der Waals surface area contributed by atoms with Crippen molar-refractivity contribution in [3.8, 4) is 0 Å².